The van der Waals surface area contributed by atoms with Gasteiger partial charge in [0.2, 0.25) is 0 Å². The zero-order chi connectivity index (χ0) is 12.2. The van der Waals surface area contributed by atoms with Crippen LogP contribution in [0.4, 0.5) is 0 Å². The molecule has 0 saturated carbocycles. The number of benzene rings is 1. The highest BCUT2D eigenvalue weighted by Gasteiger charge is 2.12. The molecule has 0 radical (unpaired) electrons. The molecule has 0 atom stereocenters. The zero-order valence-corrected chi connectivity index (χ0v) is 9.53. The van der Waals surface area contributed by atoms with Crippen molar-refractivity contribution in [3.63, 3.8) is 0 Å². The summed E-state index contributed by atoms with van der Waals surface area (Å²) in [7, 11) is -3.16. The Kier molecular flexibility index (Phi) is 3.92. The number of ether oxygens (including phenoxy) is 1. The molecule has 1 rings (SSSR count). The van der Waals surface area contributed by atoms with Crippen molar-refractivity contribution in [1.82, 2.24) is 0 Å². The van der Waals surface area contributed by atoms with Gasteiger partial charge in [0.1, 0.15) is 0 Å². The second-order valence-corrected chi connectivity index (χ2v) is 4.01. The third-order valence-corrected chi connectivity index (χ3v) is 2.19. The summed E-state index contributed by atoms with van der Waals surface area (Å²) in [5.74, 6) is 0.176. The molecule has 5 nitrogen and oxygen atoms in total. The molecule has 1 aromatic carbocycles. The zero-order valence-electron chi connectivity index (χ0n) is 8.71. The van der Waals surface area contributed by atoms with E-state index in [0.717, 1.165) is 5.56 Å². The maximum atomic E-state index is 10.5. The molecular weight excluding hydrogens is 232 g/mol. The molecule has 0 amide bonds. The van der Waals surface area contributed by atoms with E-state index >= 15 is 0 Å². The number of methoxy groups -OCH3 is 1. The Morgan fingerprint density at radius 2 is 2.12 bits per heavy atom. The molecule has 0 aliphatic carbocycles. The Morgan fingerprint density at radius 1 is 1.44 bits per heavy atom. The summed E-state index contributed by atoms with van der Waals surface area (Å²) in [5.41, 5.74) is 0.898. The van der Waals surface area contributed by atoms with Crippen LogP contribution < -0.4 is 8.92 Å². The van der Waals surface area contributed by atoms with Crippen LogP contribution in [0.5, 0.6) is 11.5 Å². The minimum absolute atomic E-state index is 0.0576. The van der Waals surface area contributed by atoms with Crippen LogP contribution in [-0.4, -0.2) is 20.1 Å². The molecule has 0 bridgehead atoms. The molecule has 0 aromatic heterocycles. The maximum absolute atomic E-state index is 10.5. The topological polar surface area (TPSA) is 72.8 Å². The van der Waals surface area contributed by atoms with Gasteiger partial charge in [-0.1, -0.05) is 12.1 Å². The average molecular weight is 244 g/mol. The van der Waals surface area contributed by atoms with E-state index < -0.39 is 10.4 Å². The van der Waals surface area contributed by atoms with Gasteiger partial charge in [-0.05, 0) is 24.1 Å². The van der Waals surface area contributed by atoms with E-state index in [0.29, 0.717) is 6.42 Å². The van der Waals surface area contributed by atoms with Gasteiger partial charge in [-0.2, -0.15) is 8.42 Å². The van der Waals surface area contributed by atoms with Crippen LogP contribution in [-0.2, 0) is 16.8 Å². The van der Waals surface area contributed by atoms with E-state index in [1.807, 2.05) is 0 Å². The summed E-state index contributed by atoms with van der Waals surface area (Å²) in [6.45, 7) is 3.59. The molecule has 0 aliphatic heterocycles. The molecule has 0 fully saturated rings. The van der Waals surface area contributed by atoms with Crippen molar-refractivity contribution in [3.05, 3.63) is 36.4 Å². The Bertz CT molecular complexity index is 478. The Hall–Kier alpha value is -1.53. The molecule has 0 aliphatic rings. The average Bonchev–Trinajstić information content (AvgIpc) is 2.18. The summed E-state index contributed by atoms with van der Waals surface area (Å²) in [6, 6.07) is 4.68. The quantitative estimate of drug-likeness (QED) is 0.629. The first-order chi connectivity index (χ1) is 7.46. The van der Waals surface area contributed by atoms with E-state index in [2.05, 4.69) is 10.8 Å². The lowest BCUT2D eigenvalue weighted by molar-refractivity contribution is 0.360. The van der Waals surface area contributed by atoms with Crippen molar-refractivity contribution < 1.29 is 21.9 Å². The van der Waals surface area contributed by atoms with Gasteiger partial charge in [0, 0.05) is 0 Å². The predicted molar refractivity (Wildman–Crippen MR) is 59.1 cm³/mol. The first kappa shape index (κ1) is 12.5. The van der Waals surface area contributed by atoms with Gasteiger partial charge in [-0.3, -0.25) is 4.55 Å². The van der Waals surface area contributed by atoms with Crippen molar-refractivity contribution in [2.75, 3.05) is 7.11 Å². The van der Waals surface area contributed by atoms with E-state index in [-0.39, 0.29) is 11.5 Å². The smallest absolute Gasteiger partial charge is 0.446 e. The van der Waals surface area contributed by atoms with Crippen molar-refractivity contribution in [3.8, 4) is 11.5 Å². The highest BCUT2D eigenvalue weighted by molar-refractivity contribution is 7.81. The summed E-state index contributed by atoms with van der Waals surface area (Å²) >= 11 is 0. The third kappa shape index (κ3) is 3.56. The predicted octanol–water partition coefficient (Wildman–Crippen LogP) is 1.61. The van der Waals surface area contributed by atoms with Crippen molar-refractivity contribution in [2.24, 2.45) is 0 Å². The normalized spacial score (nSPS) is 10.9. The van der Waals surface area contributed by atoms with E-state index in [1.54, 1.807) is 18.2 Å². The van der Waals surface area contributed by atoms with Crippen LogP contribution in [0.3, 0.4) is 0 Å². The minimum Gasteiger partial charge on any atom is -0.493 e. The Labute approximate surface area is 94.3 Å². The van der Waals surface area contributed by atoms with E-state index in [4.69, 9.17) is 9.29 Å². The highest BCUT2D eigenvalue weighted by Crippen LogP contribution is 2.29. The van der Waals surface area contributed by atoms with Crippen LogP contribution in [0.1, 0.15) is 5.56 Å². The molecular formula is C10H12O5S. The van der Waals surface area contributed by atoms with Gasteiger partial charge in [-0.15, -0.1) is 6.58 Å². The molecule has 1 aromatic rings. The maximum Gasteiger partial charge on any atom is 0.446 e. The van der Waals surface area contributed by atoms with Crippen molar-refractivity contribution in [2.45, 2.75) is 6.42 Å². The number of allylic oxidation sites excluding steroid dienone is 1. The molecule has 16 heavy (non-hydrogen) atoms. The summed E-state index contributed by atoms with van der Waals surface area (Å²) in [6.07, 6.45) is 2.33. The third-order valence-electron chi connectivity index (χ3n) is 1.80. The van der Waals surface area contributed by atoms with Crippen LogP contribution in [0.2, 0.25) is 0 Å². The molecule has 0 unspecified atom stereocenters. The van der Waals surface area contributed by atoms with Crippen molar-refractivity contribution in [1.29, 1.82) is 0 Å². The van der Waals surface area contributed by atoms with Gasteiger partial charge < -0.3 is 8.92 Å². The summed E-state index contributed by atoms with van der Waals surface area (Å²) in [5, 5.41) is 0. The van der Waals surface area contributed by atoms with Crippen molar-refractivity contribution >= 4 is 10.4 Å². The largest absolute Gasteiger partial charge is 0.493 e. The monoisotopic (exact) mass is 244 g/mol. The number of hydrogen-bond acceptors (Lipinski definition) is 4. The highest BCUT2D eigenvalue weighted by atomic mass is 32.3. The lowest BCUT2D eigenvalue weighted by atomic mass is 10.1. The van der Waals surface area contributed by atoms with Gasteiger partial charge in [0.25, 0.3) is 0 Å². The fraction of sp³-hybridized carbons (Fsp3) is 0.200. The first-order valence-electron chi connectivity index (χ1n) is 4.41. The Morgan fingerprint density at radius 3 is 2.62 bits per heavy atom. The fourth-order valence-corrected chi connectivity index (χ4v) is 1.55. The summed E-state index contributed by atoms with van der Waals surface area (Å²) < 4.78 is 38.9. The lowest BCUT2D eigenvalue weighted by Gasteiger charge is -2.08. The van der Waals surface area contributed by atoms with Crippen LogP contribution in [0.15, 0.2) is 30.9 Å². The molecule has 1 N–H and O–H groups in total. The number of hydrogen-bond donors (Lipinski definition) is 1. The van der Waals surface area contributed by atoms with E-state index in [9.17, 15) is 8.42 Å². The first-order valence-corrected chi connectivity index (χ1v) is 5.77. The van der Waals surface area contributed by atoms with Gasteiger partial charge in [0.15, 0.2) is 11.5 Å². The molecule has 88 valence electrons. The minimum atomic E-state index is -4.54. The van der Waals surface area contributed by atoms with Gasteiger partial charge >= 0.3 is 10.4 Å². The standard InChI is InChI=1S/C10H12O5S/c1-3-4-8-5-6-9(10(7-8)14-2)15-16(11,12)13/h3,5-7H,1,4H2,2H3,(H,11,12,13). The molecule has 6 heteroatoms. The molecule has 0 spiro atoms. The molecule has 0 heterocycles. The van der Waals surface area contributed by atoms with Crippen LogP contribution in [0, 0.1) is 0 Å². The Balaban J connectivity index is 3.06. The lowest BCUT2D eigenvalue weighted by Crippen LogP contribution is -2.07. The van der Waals surface area contributed by atoms with Gasteiger partial charge in [-0.25, -0.2) is 0 Å². The van der Waals surface area contributed by atoms with Crippen LogP contribution >= 0.6 is 0 Å². The fourth-order valence-electron chi connectivity index (χ4n) is 1.19. The SMILES string of the molecule is C=CCc1ccc(OS(=O)(=O)O)c(OC)c1. The second-order valence-electron chi connectivity index (χ2n) is 2.99. The molecule has 0 saturated heterocycles. The number of rotatable bonds is 5. The van der Waals surface area contributed by atoms with Gasteiger partial charge in [0.05, 0.1) is 7.11 Å². The van der Waals surface area contributed by atoms with Crippen LogP contribution in [0.25, 0.3) is 0 Å². The summed E-state index contributed by atoms with van der Waals surface area (Å²) in [4.78, 5) is 0. The second kappa shape index (κ2) is 5.00. The van der Waals surface area contributed by atoms with E-state index in [1.165, 1.54) is 13.2 Å².